The van der Waals surface area contributed by atoms with Crippen LogP contribution in [0.5, 0.6) is 0 Å². The molecular formula is C11H13Cl2NO3S. The standard InChI is InChI=1S/C11H13Cl2NO3S/c12-9-3-8(6-15)11(13)10(4-9)18(16,17)14-5-7-1-2-7/h3-4,7,14-15H,1-2,5-6H2. The normalized spacial score (nSPS) is 15.9. The van der Waals surface area contributed by atoms with Crippen LogP contribution < -0.4 is 4.72 Å². The fourth-order valence-corrected chi connectivity index (χ4v) is 3.60. The zero-order valence-corrected chi connectivity index (χ0v) is 11.8. The van der Waals surface area contributed by atoms with Crippen molar-refractivity contribution >= 4 is 33.2 Å². The van der Waals surface area contributed by atoms with Gasteiger partial charge in [-0.25, -0.2) is 13.1 Å². The van der Waals surface area contributed by atoms with E-state index in [0.717, 1.165) is 12.8 Å². The van der Waals surface area contributed by atoms with Gasteiger partial charge in [0.25, 0.3) is 0 Å². The van der Waals surface area contributed by atoms with Gasteiger partial charge in [0.15, 0.2) is 0 Å². The summed E-state index contributed by atoms with van der Waals surface area (Å²) >= 11 is 11.8. The molecule has 4 nitrogen and oxygen atoms in total. The Morgan fingerprint density at radius 2 is 2.00 bits per heavy atom. The Balaban J connectivity index is 2.32. The summed E-state index contributed by atoms with van der Waals surface area (Å²) in [6.45, 7) is 0.0597. The van der Waals surface area contributed by atoms with Gasteiger partial charge < -0.3 is 5.11 Å². The van der Waals surface area contributed by atoms with Crippen molar-refractivity contribution in [3.05, 3.63) is 27.7 Å². The molecule has 0 radical (unpaired) electrons. The first-order valence-electron chi connectivity index (χ1n) is 5.52. The van der Waals surface area contributed by atoms with Crippen LogP contribution in [0.2, 0.25) is 10.0 Å². The number of aliphatic hydroxyl groups is 1. The van der Waals surface area contributed by atoms with Crippen LogP contribution in [-0.4, -0.2) is 20.1 Å². The predicted molar refractivity (Wildman–Crippen MR) is 70.3 cm³/mol. The Labute approximate surface area is 116 Å². The maximum Gasteiger partial charge on any atom is 0.242 e. The van der Waals surface area contributed by atoms with Crippen LogP contribution in [0.4, 0.5) is 0 Å². The van der Waals surface area contributed by atoms with E-state index >= 15 is 0 Å². The van der Waals surface area contributed by atoms with Gasteiger partial charge in [-0.05, 0) is 36.5 Å². The lowest BCUT2D eigenvalue weighted by molar-refractivity contribution is 0.281. The number of nitrogens with one attached hydrogen (secondary N) is 1. The highest BCUT2D eigenvalue weighted by Crippen LogP contribution is 2.31. The minimum Gasteiger partial charge on any atom is -0.392 e. The quantitative estimate of drug-likeness (QED) is 0.876. The largest absolute Gasteiger partial charge is 0.392 e. The van der Waals surface area contributed by atoms with E-state index in [2.05, 4.69) is 4.72 Å². The fourth-order valence-electron chi connectivity index (χ4n) is 1.56. The van der Waals surface area contributed by atoms with Crippen LogP contribution in [0, 0.1) is 5.92 Å². The third-order valence-corrected chi connectivity index (χ3v) is 5.02. The third-order valence-electron chi connectivity index (χ3n) is 2.80. The maximum atomic E-state index is 12.1. The lowest BCUT2D eigenvalue weighted by Gasteiger charge is -2.11. The topological polar surface area (TPSA) is 66.4 Å². The minimum absolute atomic E-state index is 0.0187. The summed E-state index contributed by atoms with van der Waals surface area (Å²) in [5, 5.41) is 9.35. The summed E-state index contributed by atoms with van der Waals surface area (Å²) in [4.78, 5) is -0.0821. The van der Waals surface area contributed by atoms with Crippen LogP contribution in [0.25, 0.3) is 0 Å². The monoisotopic (exact) mass is 309 g/mol. The Hall–Kier alpha value is -0.330. The number of halogens is 2. The second kappa shape index (κ2) is 5.35. The van der Waals surface area contributed by atoms with Gasteiger partial charge in [-0.1, -0.05) is 23.2 Å². The predicted octanol–water partition coefficient (Wildman–Crippen LogP) is 2.17. The molecule has 0 atom stereocenters. The van der Waals surface area contributed by atoms with Crippen molar-refractivity contribution in [3.63, 3.8) is 0 Å². The van der Waals surface area contributed by atoms with E-state index in [9.17, 15) is 8.42 Å². The molecule has 1 aromatic carbocycles. The Bertz CT molecular complexity index is 556. The van der Waals surface area contributed by atoms with Gasteiger partial charge in [-0.2, -0.15) is 0 Å². The number of hydrogen-bond acceptors (Lipinski definition) is 3. The van der Waals surface area contributed by atoms with Crippen molar-refractivity contribution in [2.75, 3.05) is 6.54 Å². The van der Waals surface area contributed by atoms with Gasteiger partial charge in [-0.15, -0.1) is 0 Å². The molecule has 2 rings (SSSR count). The summed E-state index contributed by atoms with van der Waals surface area (Å²) in [7, 11) is -3.68. The average Bonchev–Trinajstić information content (AvgIpc) is 3.13. The molecule has 0 aliphatic heterocycles. The lowest BCUT2D eigenvalue weighted by atomic mass is 10.2. The highest BCUT2D eigenvalue weighted by atomic mass is 35.5. The molecule has 1 aliphatic carbocycles. The van der Waals surface area contributed by atoms with E-state index in [1.54, 1.807) is 0 Å². The van der Waals surface area contributed by atoms with Crippen LogP contribution >= 0.6 is 23.2 Å². The van der Waals surface area contributed by atoms with Crippen LogP contribution in [0.1, 0.15) is 18.4 Å². The van der Waals surface area contributed by atoms with Gasteiger partial charge >= 0.3 is 0 Å². The zero-order chi connectivity index (χ0) is 13.3. The van der Waals surface area contributed by atoms with E-state index in [1.807, 2.05) is 0 Å². The third kappa shape index (κ3) is 3.16. The van der Waals surface area contributed by atoms with Crippen molar-refractivity contribution in [3.8, 4) is 0 Å². The summed E-state index contributed by atoms with van der Waals surface area (Å²) in [6.07, 6.45) is 2.10. The molecule has 100 valence electrons. The first-order chi connectivity index (χ1) is 8.44. The molecule has 0 bridgehead atoms. The van der Waals surface area contributed by atoms with Crippen molar-refractivity contribution < 1.29 is 13.5 Å². The summed E-state index contributed by atoms with van der Waals surface area (Å²) in [6, 6.07) is 2.74. The highest BCUT2D eigenvalue weighted by Gasteiger charge is 2.26. The molecule has 0 spiro atoms. The first-order valence-corrected chi connectivity index (χ1v) is 7.76. The van der Waals surface area contributed by atoms with Crippen molar-refractivity contribution in [2.45, 2.75) is 24.3 Å². The second-order valence-corrected chi connectivity index (χ2v) is 6.88. The van der Waals surface area contributed by atoms with Gasteiger partial charge in [0, 0.05) is 11.6 Å². The number of sulfonamides is 1. The number of aliphatic hydroxyl groups excluding tert-OH is 1. The second-order valence-electron chi connectivity index (χ2n) is 4.33. The summed E-state index contributed by atoms with van der Waals surface area (Å²) in [5.74, 6) is 0.426. The maximum absolute atomic E-state index is 12.1. The number of benzene rings is 1. The molecular weight excluding hydrogens is 297 g/mol. The van der Waals surface area contributed by atoms with Crippen molar-refractivity contribution in [1.29, 1.82) is 0 Å². The molecule has 7 heteroatoms. The van der Waals surface area contributed by atoms with Crippen LogP contribution in [0.15, 0.2) is 17.0 Å². The first kappa shape index (κ1) is 14.1. The van der Waals surface area contributed by atoms with E-state index < -0.39 is 10.0 Å². The molecule has 1 aliphatic rings. The molecule has 0 aromatic heterocycles. The summed E-state index contributed by atoms with van der Waals surface area (Å²) < 4.78 is 26.6. The highest BCUT2D eigenvalue weighted by molar-refractivity contribution is 7.89. The van der Waals surface area contributed by atoms with E-state index in [0.29, 0.717) is 18.0 Å². The molecule has 0 heterocycles. The lowest BCUT2D eigenvalue weighted by Crippen LogP contribution is -2.26. The van der Waals surface area contributed by atoms with Crippen molar-refractivity contribution in [2.24, 2.45) is 5.92 Å². The van der Waals surface area contributed by atoms with Gasteiger partial charge in [0.05, 0.1) is 11.6 Å². The van der Waals surface area contributed by atoms with Crippen LogP contribution in [0.3, 0.4) is 0 Å². The SMILES string of the molecule is O=S(=O)(NCC1CC1)c1cc(Cl)cc(CO)c1Cl. The molecule has 2 N–H and O–H groups in total. The Morgan fingerprint density at radius 1 is 1.33 bits per heavy atom. The van der Waals surface area contributed by atoms with Crippen molar-refractivity contribution in [1.82, 2.24) is 4.72 Å². The molecule has 0 unspecified atom stereocenters. The smallest absolute Gasteiger partial charge is 0.242 e. The van der Waals surface area contributed by atoms with E-state index in [-0.39, 0.29) is 21.5 Å². The summed E-state index contributed by atoms with van der Waals surface area (Å²) in [5.41, 5.74) is 0.302. The molecule has 1 aromatic rings. The number of rotatable bonds is 5. The Kier molecular flexibility index (Phi) is 4.18. The molecule has 0 amide bonds. The van der Waals surface area contributed by atoms with Crippen LogP contribution in [-0.2, 0) is 16.6 Å². The molecule has 18 heavy (non-hydrogen) atoms. The van der Waals surface area contributed by atoms with Gasteiger partial charge in [0.1, 0.15) is 4.90 Å². The average molecular weight is 310 g/mol. The molecule has 1 saturated carbocycles. The van der Waals surface area contributed by atoms with E-state index in [1.165, 1.54) is 12.1 Å². The van der Waals surface area contributed by atoms with Gasteiger partial charge in [0.2, 0.25) is 10.0 Å². The zero-order valence-electron chi connectivity index (χ0n) is 9.49. The Morgan fingerprint density at radius 3 is 2.56 bits per heavy atom. The number of hydrogen-bond donors (Lipinski definition) is 2. The van der Waals surface area contributed by atoms with E-state index in [4.69, 9.17) is 28.3 Å². The van der Waals surface area contributed by atoms with Gasteiger partial charge in [-0.3, -0.25) is 0 Å². The molecule has 1 fully saturated rings. The minimum atomic E-state index is -3.68. The molecule has 0 saturated heterocycles. The fraction of sp³-hybridized carbons (Fsp3) is 0.455.